The Kier molecular flexibility index (Phi) is 7.10. The molecule has 2 aromatic heterocycles. The molecule has 2 fully saturated rings. The van der Waals surface area contributed by atoms with E-state index in [0.29, 0.717) is 21.2 Å². The molecule has 2 saturated heterocycles. The summed E-state index contributed by atoms with van der Waals surface area (Å²) in [6, 6.07) is 2.19. The van der Waals surface area contributed by atoms with Crippen LogP contribution in [-0.4, -0.2) is 63.8 Å². The van der Waals surface area contributed by atoms with Gasteiger partial charge < -0.3 is 0 Å². The van der Waals surface area contributed by atoms with E-state index in [2.05, 4.69) is 45.8 Å². The van der Waals surface area contributed by atoms with Gasteiger partial charge in [-0.2, -0.15) is 0 Å². The predicted molar refractivity (Wildman–Crippen MR) is 120 cm³/mol. The molecule has 2 aliphatic rings. The first-order valence-corrected chi connectivity index (χ1v) is 18.0. The molecule has 3 N–H and O–H groups in total. The maximum atomic E-state index is 10.0. The number of aliphatic hydroxyl groups excluding tert-OH is 1. The van der Waals surface area contributed by atoms with Gasteiger partial charge in [-0.1, -0.05) is 0 Å². The van der Waals surface area contributed by atoms with Crippen LogP contribution >= 0.6 is 15.9 Å². The van der Waals surface area contributed by atoms with E-state index in [4.69, 9.17) is 16.6 Å². The molecule has 0 spiro atoms. The zero-order chi connectivity index (χ0) is 22.2. The van der Waals surface area contributed by atoms with Gasteiger partial charge in [-0.3, -0.25) is 0 Å². The normalized spacial score (nSPS) is 26.9. The van der Waals surface area contributed by atoms with E-state index in [1.807, 2.05) is 0 Å². The third kappa shape index (κ3) is 3.98. The number of nitrogen functional groups attached to an aromatic ring is 1. The SMILES string of the molecule is CCC[CH2][Sn]1([CH2]CCC)[O][C@@H]2[C@H]([O]1)[C@@H](CO)O[C@H]2n1c(Br)c(C#N)c2c(N)ncnc21. The third-order valence-corrected chi connectivity index (χ3v) is 17.3. The van der Waals surface area contributed by atoms with Crippen molar-refractivity contribution in [3.05, 3.63) is 16.5 Å². The third-order valence-electron chi connectivity index (χ3n) is 6.11. The van der Waals surface area contributed by atoms with Crippen molar-refractivity contribution in [3.63, 3.8) is 0 Å². The topological polar surface area (TPSA) is 128 Å². The molecule has 0 aliphatic carbocycles. The van der Waals surface area contributed by atoms with Crippen LogP contribution < -0.4 is 5.73 Å². The molecule has 2 aliphatic heterocycles. The molecule has 4 atom stereocenters. The molecular formula is C20H28BrN5O4Sn. The summed E-state index contributed by atoms with van der Waals surface area (Å²) >= 11 is 0.209. The Labute approximate surface area is 195 Å². The van der Waals surface area contributed by atoms with E-state index >= 15 is 0 Å². The molecule has 168 valence electrons. The summed E-state index contributed by atoms with van der Waals surface area (Å²) in [5.74, 6) is 0.234. The van der Waals surface area contributed by atoms with Gasteiger partial charge in [0.25, 0.3) is 0 Å². The molecule has 0 unspecified atom stereocenters. The Bertz CT molecular complexity index is 988. The Morgan fingerprint density at radius 2 is 1.90 bits per heavy atom. The van der Waals surface area contributed by atoms with Crippen LogP contribution in [0.3, 0.4) is 0 Å². The summed E-state index contributed by atoms with van der Waals surface area (Å²) in [4.78, 5) is 8.43. The molecule has 4 rings (SSSR count). The number of hydrogen-bond acceptors (Lipinski definition) is 8. The fourth-order valence-corrected chi connectivity index (χ4v) is 16.9. The summed E-state index contributed by atoms with van der Waals surface area (Å²) in [5.41, 5.74) is 6.91. The predicted octanol–water partition coefficient (Wildman–Crippen LogP) is 3.36. The molecule has 31 heavy (non-hydrogen) atoms. The average molecular weight is 601 g/mol. The standard InChI is InChI=1S/C12H10BrN5O4.2C4H9.Sn/c13-9-4(1-14)6-10(15)16-3-17-11(6)18(9)12-8(21)7(20)5(2-19)22-12;2*1-3-4-2;/h3,5,7-8,12,19H,2H2,(H2,15,16,17);2*1,3-4H2,2H3;/q-2;;;+2/t5-,7-,8-,12-;;;/m1.../s1. The van der Waals surface area contributed by atoms with Crippen molar-refractivity contribution in [2.75, 3.05) is 12.3 Å². The molecular weight excluding hydrogens is 573 g/mol. The van der Waals surface area contributed by atoms with Gasteiger partial charge in [0.1, 0.15) is 0 Å². The summed E-state index contributed by atoms with van der Waals surface area (Å²) in [5, 5.41) is 20.2. The number of halogens is 1. The fraction of sp³-hybridized carbons (Fsp3) is 0.650. The second kappa shape index (κ2) is 9.49. The number of rotatable bonds is 8. The number of nitrogens with zero attached hydrogens (tertiary/aromatic N) is 4. The van der Waals surface area contributed by atoms with Gasteiger partial charge in [0, 0.05) is 0 Å². The number of hydrogen-bond donors (Lipinski definition) is 2. The summed E-state index contributed by atoms with van der Waals surface area (Å²) in [7, 11) is 0. The van der Waals surface area contributed by atoms with Gasteiger partial charge >= 0.3 is 196 Å². The molecule has 0 radical (unpaired) electrons. The van der Waals surface area contributed by atoms with Crippen molar-refractivity contribution in [2.24, 2.45) is 0 Å². The van der Waals surface area contributed by atoms with E-state index < -0.39 is 31.5 Å². The zero-order valence-corrected chi connectivity index (χ0v) is 22.2. The maximum absolute atomic E-state index is 10.0. The molecule has 9 nitrogen and oxygen atoms in total. The van der Waals surface area contributed by atoms with Crippen molar-refractivity contribution < 1.29 is 16.0 Å². The van der Waals surface area contributed by atoms with Gasteiger partial charge in [-0.05, 0) is 0 Å². The van der Waals surface area contributed by atoms with E-state index in [1.165, 1.54) is 6.33 Å². The zero-order valence-electron chi connectivity index (χ0n) is 17.8. The Hall–Kier alpha value is -0.971. The Morgan fingerprint density at radius 1 is 1.23 bits per heavy atom. The van der Waals surface area contributed by atoms with Gasteiger partial charge in [0.2, 0.25) is 0 Å². The first-order valence-electron chi connectivity index (χ1n) is 10.8. The molecule has 0 aromatic carbocycles. The van der Waals surface area contributed by atoms with E-state index in [0.717, 1.165) is 34.6 Å². The van der Waals surface area contributed by atoms with Crippen LogP contribution in [0.1, 0.15) is 51.3 Å². The second-order valence-electron chi connectivity index (χ2n) is 8.14. The van der Waals surface area contributed by atoms with Crippen molar-refractivity contribution in [1.82, 2.24) is 14.5 Å². The Balaban J connectivity index is 1.77. The molecule has 4 heterocycles. The number of aromatic nitrogens is 3. The number of anilines is 1. The first-order chi connectivity index (χ1) is 15.0. The van der Waals surface area contributed by atoms with Crippen LogP contribution in [-0.2, 0) is 10.9 Å². The summed E-state index contributed by atoms with van der Waals surface area (Å²) < 4.78 is 24.0. The van der Waals surface area contributed by atoms with Gasteiger partial charge in [0.05, 0.1) is 0 Å². The summed E-state index contributed by atoms with van der Waals surface area (Å²) in [6.45, 7) is 4.19. The minimum absolute atomic E-state index is 0.163. The number of fused-ring (bicyclic) bond motifs is 2. The fourth-order valence-electron chi connectivity index (χ4n) is 4.57. The van der Waals surface area contributed by atoms with Gasteiger partial charge in [0.15, 0.2) is 0 Å². The van der Waals surface area contributed by atoms with Crippen molar-refractivity contribution in [1.29, 1.82) is 5.26 Å². The van der Waals surface area contributed by atoms with Gasteiger partial charge in [-0.25, -0.2) is 0 Å². The minimum atomic E-state index is -3.34. The number of ether oxygens (including phenoxy) is 1. The second-order valence-corrected chi connectivity index (χ2v) is 18.3. The number of aliphatic hydroxyl groups is 1. The van der Waals surface area contributed by atoms with Crippen LogP contribution in [0.4, 0.5) is 5.82 Å². The molecule has 0 amide bonds. The molecule has 0 saturated carbocycles. The number of unbranched alkanes of at least 4 members (excludes halogenated alkanes) is 2. The van der Waals surface area contributed by atoms with Crippen LogP contribution in [0.15, 0.2) is 10.9 Å². The molecule has 2 aromatic rings. The van der Waals surface area contributed by atoms with Gasteiger partial charge in [-0.15, -0.1) is 0 Å². The van der Waals surface area contributed by atoms with E-state index in [-0.39, 0.29) is 24.6 Å². The first kappa shape index (κ1) is 23.2. The number of nitrogens with two attached hydrogens (primary N) is 1. The average Bonchev–Trinajstić information content (AvgIpc) is 3.39. The number of nitriles is 1. The molecule has 11 heteroatoms. The van der Waals surface area contributed by atoms with Crippen LogP contribution in [0.2, 0.25) is 8.87 Å². The van der Waals surface area contributed by atoms with Crippen LogP contribution in [0.25, 0.3) is 11.0 Å². The summed E-state index contributed by atoms with van der Waals surface area (Å²) in [6.07, 6.45) is 3.93. The monoisotopic (exact) mass is 601 g/mol. The van der Waals surface area contributed by atoms with Crippen LogP contribution in [0, 0.1) is 11.3 Å². The molecule has 0 bridgehead atoms. The quantitative estimate of drug-likeness (QED) is 0.442. The van der Waals surface area contributed by atoms with E-state index in [1.54, 1.807) is 4.57 Å². The Morgan fingerprint density at radius 3 is 2.52 bits per heavy atom. The van der Waals surface area contributed by atoms with Crippen molar-refractivity contribution >= 4 is 52.0 Å². The van der Waals surface area contributed by atoms with Crippen molar-refractivity contribution in [3.8, 4) is 6.07 Å². The van der Waals surface area contributed by atoms with Crippen LogP contribution in [0.5, 0.6) is 0 Å². The van der Waals surface area contributed by atoms with E-state index in [9.17, 15) is 10.4 Å². The van der Waals surface area contributed by atoms with Crippen molar-refractivity contribution in [2.45, 2.75) is 72.9 Å².